The molecule has 0 saturated heterocycles. The number of anilines is 1. The van der Waals surface area contributed by atoms with Gasteiger partial charge in [0.1, 0.15) is 12.6 Å². The van der Waals surface area contributed by atoms with Crippen LogP contribution in [0.25, 0.3) is 0 Å². The van der Waals surface area contributed by atoms with Gasteiger partial charge in [-0.2, -0.15) is 0 Å². The van der Waals surface area contributed by atoms with Gasteiger partial charge in [0.05, 0.1) is 24.8 Å². The fourth-order valence-electron chi connectivity index (χ4n) is 4.17. The highest BCUT2D eigenvalue weighted by molar-refractivity contribution is 7.92. The maximum atomic E-state index is 14.0. The number of para-hydroxylation sites is 1. The molecular formula is C31H39N3O6S. The van der Waals surface area contributed by atoms with Gasteiger partial charge in [0.25, 0.3) is 10.0 Å². The molecule has 0 saturated carbocycles. The Morgan fingerprint density at radius 3 is 2.12 bits per heavy atom. The maximum absolute atomic E-state index is 14.0. The summed E-state index contributed by atoms with van der Waals surface area (Å²) < 4.78 is 39.7. The van der Waals surface area contributed by atoms with E-state index >= 15 is 0 Å². The molecule has 41 heavy (non-hydrogen) atoms. The van der Waals surface area contributed by atoms with Crippen LogP contribution in [0, 0.1) is 6.92 Å². The summed E-state index contributed by atoms with van der Waals surface area (Å²) in [6.07, 6.45) is 0.732. The average molecular weight is 582 g/mol. The summed E-state index contributed by atoms with van der Waals surface area (Å²) >= 11 is 0. The topological polar surface area (TPSA) is 105 Å². The minimum absolute atomic E-state index is 0.0700. The van der Waals surface area contributed by atoms with Gasteiger partial charge in [-0.1, -0.05) is 55.0 Å². The van der Waals surface area contributed by atoms with Crippen LogP contribution in [0.2, 0.25) is 0 Å². The number of carbonyl (C=O) groups is 2. The van der Waals surface area contributed by atoms with Crippen LogP contribution < -0.4 is 19.1 Å². The number of benzene rings is 3. The van der Waals surface area contributed by atoms with E-state index in [2.05, 4.69) is 5.32 Å². The third kappa shape index (κ3) is 7.79. The van der Waals surface area contributed by atoms with Crippen molar-refractivity contribution in [1.29, 1.82) is 0 Å². The number of nitrogens with zero attached hydrogens (tertiary/aromatic N) is 2. The van der Waals surface area contributed by atoms with Gasteiger partial charge < -0.3 is 19.7 Å². The Labute approximate surface area is 243 Å². The lowest BCUT2D eigenvalue weighted by atomic mass is 10.1. The van der Waals surface area contributed by atoms with Crippen LogP contribution in [0.5, 0.6) is 11.5 Å². The third-order valence-corrected chi connectivity index (χ3v) is 8.68. The second kappa shape index (κ2) is 14.0. The van der Waals surface area contributed by atoms with E-state index < -0.39 is 28.5 Å². The Morgan fingerprint density at radius 2 is 1.54 bits per heavy atom. The first-order chi connectivity index (χ1) is 19.5. The van der Waals surface area contributed by atoms with Gasteiger partial charge >= 0.3 is 0 Å². The molecule has 3 aromatic carbocycles. The number of sulfonamides is 1. The number of hydrogen-bond acceptors (Lipinski definition) is 6. The van der Waals surface area contributed by atoms with Gasteiger partial charge in [-0.15, -0.1) is 0 Å². The van der Waals surface area contributed by atoms with Crippen LogP contribution in [0.3, 0.4) is 0 Å². The van der Waals surface area contributed by atoms with E-state index in [0.717, 1.165) is 21.9 Å². The second-order valence-corrected chi connectivity index (χ2v) is 11.7. The van der Waals surface area contributed by atoms with E-state index in [-0.39, 0.29) is 29.1 Å². The summed E-state index contributed by atoms with van der Waals surface area (Å²) in [6.45, 7) is 7.08. The third-order valence-electron chi connectivity index (χ3n) is 6.91. The molecule has 3 aromatic rings. The molecule has 220 valence electrons. The SMILES string of the molecule is CC[C@@H](C)NC(=O)[C@H](C)N(Cc1ccc(C)cc1)C(=O)CN(c1ccccc1)S(=O)(=O)c1ccc(OC)c(OC)c1. The Balaban J connectivity index is 2.03. The van der Waals surface area contributed by atoms with Crippen LogP contribution >= 0.6 is 0 Å². The van der Waals surface area contributed by atoms with Crippen molar-refractivity contribution in [2.75, 3.05) is 25.1 Å². The number of ether oxygens (including phenoxy) is 2. The van der Waals surface area contributed by atoms with E-state index in [4.69, 9.17) is 9.47 Å². The molecule has 2 atom stereocenters. The molecule has 0 aliphatic rings. The Kier molecular flexibility index (Phi) is 10.8. The fourth-order valence-corrected chi connectivity index (χ4v) is 5.60. The van der Waals surface area contributed by atoms with Crippen molar-refractivity contribution >= 4 is 27.5 Å². The zero-order valence-corrected chi connectivity index (χ0v) is 25.3. The first-order valence-electron chi connectivity index (χ1n) is 13.5. The van der Waals surface area contributed by atoms with Gasteiger partial charge in [-0.3, -0.25) is 13.9 Å². The molecule has 0 bridgehead atoms. The normalized spacial score (nSPS) is 12.6. The van der Waals surface area contributed by atoms with E-state index in [1.165, 1.54) is 37.3 Å². The molecule has 0 unspecified atom stereocenters. The minimum atomic E-state index is -4.24. The quantitative estimate of drug-likeness (QED) is 0.318. The van der Waals surface area contributed by atoms with Crippen LogP contribution in [-0.2, 0) is 26.2 Å². The summed E-state index contributed by atoms with van der Waals surface area (Å²) in [7, 11) is -1.36. The smallest absolute Gasteiger partial charge is 0.264 e. The van der Waals surface area contributed by atoms with E-state index in [9.17, 15) is 18.0 Å². The fraction of sp³-hybridized carbons (Fsp3) is 0.355. The molecule has 1 N–H and O–H groups in total. The number of rotatable bonds is 13. The maximum Gasteiger partial charge on any atom is 0.264 e. The van der Waals surface area contributed by atoms with Crippen molar-refractivity contribution < 1.29 is 27.5 Å². The molecule has 0 spiro atoms. The van der Waals surface area contributed by atoms with E-state index in [1.807, 2.05) is 45.0 Å². The van der Waals surface area contributed by atoms with Crippen LogP contribution in [0.1, 0.15) is 38.3 Å². The van der Waals surface area contributed by atoms with Crippen molar-refractivity contribution in [1.82, 2.24) is 10.2 Å². The molecule has 0 aliphatic heterocycles. The van der Waals surface area contributed by atoms with Gasteiger partial charge in [0.15, 0.2) is 11.5 Å². The summed E-state index contributed by atoms with van der Waals surface area (Å²) in [6, 6.07) is 19.4. The number of amides is 2. The van der Waals surface area contributed by atoms with E-state index in [1.54, 1.807) is 37.3 Å². The molecule has 0 radical (unpaired) electrons. The summed E-state index contributed by atoms with van der Waals surface area (Å²) in [5, 5.41) is 2.93. The van der Waals surface area contributed by atoms with Gasteiger partial charge in [0, 0.05) is 18.7 Å². The van der Waals surface area contributed by atoms with E-state index in [0.29, 0.717) is 11.4 Å². The van der Waals surface area contributed by atoms with Crippen LogP contribution in [-0.4, -0.2) is 58.0 Å². The minimum Gasteiger partial charge on any atom is -0.493 e. The van der Waals surface area contributed by atoms with Crippen molar-refractivity contribution in [3.63, 3.8) is 0 Å². The molecule has 0 aromatic heterocycles. The van der Waals surface area contributed by atoms with Crippen molar-refractivity contribution in [2.24, 2.45) is 0 Å². The largest absolute Gasteiger partial charge is 0.493 e. The summed E-state index contributed by atoms with van der Waals surface area (Å²) in [4.78, 5) is 28.5. The summed E-state index contributed by atoms with van der Waals surface area (Å²) in [5.41, 5.74) is 2.19. The number of nitrogens with one attached hydrogen (secondary N) is 1. The predicted octanol–water partition coefficient (Wildman–Crippen LogP) is 4.54. The van der Waals surface area contributed by atoms with Gasteiger partial charge in [-0.05, 0) is 57.0 Å². The monoisotopic (exact) mass is 581 g/mol. The first kappa shape index (κ1) is 31.5. The van der Waals surface area contributed by atoms with Gasteiger partial charge in [0.2, 0.25) is 11.8 Å². The Bertz CT molecular complexity index is 1430. The molecule has 0 fully saturated rings. The zero-order valence-electron chi connectivity index (χ0n) is 24.5. The standard InChI is InChI=1S/C31H39N3O6S/c1-7-23(3)32-31(36)24(4)33(20-25-15-13-22(2)14-16-25)30(35)21-34(26-11-9-8-10-12-26)41(37,38)27-17-18-28(39-5)29(19-27)40-6/h8-19,23-24H,7,20-21H2,1-6H3,(H,32,36)/t23-,24+/m1/s1. The van der Waals surface area contributed by atoms with Gasteiger partial charge in [-0.25, -0.2) is 8.42 Å². The lowest BCUT2D eigenvalue weighted by Gasteiger charge is -2.32. The first-order valence-corrected chi connectivity index (χ1v) is 14.9. The Morgan fingerprint density at radius 1 is 0.902 bits per heavy atom. The van der Waals surface area contributed by atoms with Crippen molar-refractivity contribution in [3.8, 4) is 11.5 Å². The van der Waals surface area contributed by atoms with Crippen molar-refractivity contribution in [3.05, 3.63) is 83.9 Å². The average Bonchev–Trinajstić information content (AvgIpc) is 2.98. The number of aryl methyl sites for hydroxylation is 1. The molecule has 0 aliphatic carbocycles. The zero-order chi connectivity index (χ0) is 30.2. The highest BCUT2D eigenvalue weighted by atomic mass is 32.2. The number of carbonyl (C=O) groups excluding carboxylic acids is 2. The lowest BCUT2D eigenvalue weighted by molar-refractivity contribution is -0.139. The number of hydrogen-bond donors (Lipinski definition) is 1. The number of methoxy groups -OCH3 is 2. The van der Waals surface area contributed by atoms with Crippen LogP contribution in [0.4, 0.5) is 5.69 Å². The van der Waals surface area contributed by atoms with Crippen LogP contribution in [0.15, 0.2) is 77.7 Å². The lowest BCUT2D eigenvalue weighted by Crippen LogP contribution is -2.52. The molecule has 10 heteroatoms. The molecule has 2 amide bonds. The molecule has 9 nitrogen and oxygen atoms in total. The second-order valence-electron chi connectivity index (χ2n) is 9.87. The summed E-state index contributed by atoms with van der Waals surface area (Å²) in [5.74, 6) is -0.220. The van der Waals surface area contributed by atoms with Crippen molar-refractivity contribution in [2.45, 2.75) is 57.6 Å². The highest BCUT2D eigenvalue weighted by Crippen LogP contribution is 2.32. The molecule has 0 heterocycles. The molecular weight excluding hydrogens is 542 g/mol. The Hall–Kier alpha value is -4.05. The molecule has 3 rings (SSSR count). The predicted molar refractivity (Wildman–Crippen MR) is 160 cm³/mol. The highest BCUT2D eigenvalue weighted by Gasteiger charge is 2.33.